The zero-order valence-electron chi connectivity index (χ0n) is 18.3. The van der Waals surface area contributed by atoms with Gasteiger partial charge in [-0.1, -0.05) is 6.07 Å². The molecule has 0 unspecified atom stereocenters. The normalized spacial score (nSPS) is 10.5. The molecule has 0 spiro atoms. The van der Waals surface area contributed by atoms with Crippen molar-refractivity contribution in [2.45, 2.75) is 6.92 Å². The summed E-state index contributed by atoms with van der Waals surface area (Å²) in [5, 5.41) is 17.5. The van der Waals surface area contributed by atoms with Gasteiger partial charge in [0, 0.05) is 30.1 Å². The quantitative estimate of drug-likeness (QED) is 0.282. The molecule has 174 valence electrons. The van der Waals surface area contributed by atoms with Crippen LogP contribution < -0.4 is 20.2 Å². The number of nitrogens with zero attached hydrogens (tertiary/aromatic N) is 3. The molecule has 3 rings (SSSR count). The van der Waals surface area contributed by atoms with Gasteiger partial charge in [0.15, 0.2) is 18.1 Å². The lowest BCUT2D eigenvalue weighted by Gasteiger charge is -2.12. The summed E-state index contributed by atoms with van der Waals surface area (Å²) in [5.41, 5.74) is 4.34. The molecule has 0 saturated carbocycles. The highest BCUT2D eigenvalue weighted by Crippen LogP contribution is 2.28. The van der Waals surface area contributed by atoms with E-state index in [2.05, 4.69) is 20.8 Å². The minimum Gasteiger partial charge on any atom is -0.493 e. The molecule has 0 bridgehead atoms. The third kappa shape index (κ3) is 6.36. The molecule has 1 heterocycles. The second-order valence-electron chi connectivity index (χ2n) is 6.94. The molecule has 34 heavy (non-hydrogen) atoms. The number of benzene rings is 2. The van der Waals surface area contributed by atoms with Crippen LogP contribution in [-0.2, 0) is 4.79 Å². The number of nitrogens with one attached hydrogen (secondary N) is 2. The molecule has 0 aliphatic rings. The van der Waals surface area contributed by atoms with Gasteiger partial charge in [0.25, 0.3) is 17.5 Å². The molecular weight excluding hydrogens is 442 g/mol. The van der Waals surface area contributed by atoms with Crippen LogP contribution in [0.3, 0.4) is 0 Å². The summed E-state index contributed by atoms with van der Waals surface area (Å²) in [6, 6.07) is 12.2. The van der Waals surface area contributed by atoms with Gasteiger partial charge >= 0.3 is 0 Å². The van der Waals surface area contributed by atoms with E-state index < -0.39 is 10.8 Å². The Balaban J connectivity index is 1.59. The van der Waals surface area contributed by atoms with E-state index >= 15 is 0 Å². The Morgan fingerprint density at radius 2 is 1.88 bits per heavy atom. The van der Waals surface area contributed by atoms with Gasteiger partial charge in [-0.25, -0.2) is 5.43 Å². The number of hydrogen-bond donors (Lipinski definition) is 2. The number of amides is 2. The Labute approximate surface area is 194 Å². The van der Waals surface area contributed by atoms with E-state index in [-0.39, 0.29) is 18.2 Å². The monoisotopic (exact) mass is 463 g/mol. The van der Waals surface area contributed by atoms with E-state index in [0.717, 1.165) is 0 Å². The Morgan fingerprint density at radius 1 is 1.12 bits per heavy atom. The molecule has 0 radical (unpaired) electrons. The smallest absolute Gasteiger partial charge is 0.271 e. The largest absolute Gasteiger partial charge is 0.493 e. The predicted octanol–water partition coefficient (Wildman–Crippen LogP) is 3.09. The molecule has 3 aromatic rings. The van der Waals surface area contributed by atoms with Crippen LogP contribution in [0.2, 0.25) is 0 Å². The summed E-state index contributed by atoms with van der Waals surface area (Å²) in [6.45, 7) is 1.39. The number of ether oxygens (including phenoxy) is 2. The lowest BCUT2D eigenvalue weighted by atomic mass is 10.2. The molecule has 0 atom stereocenters. The zero-order chi connectivity index (χ0) is 24.5. The Morgan fingerprint density at radius 3 is 2.59 bits per heavy atom. The number of nitro benzene ring substituents is 1. The number of methoxy groups -OCH3 is 1. The SMILES string of the molecule is COc1cc(/C=N\NC(=O)c2ccncc2)ccc1OCC(=O)Nc1cc([N+](=O)[O-])ccc1C. The standard InChI is InChI=1S/C23H21N5O6/c1-15-3-5-18(28(31)32)12-19(15)26-22(29)14-34-20-6-4-16(11-21(20)33-2)13-25-27-23(30)17-7-9-24-10-8-17/h3-13H,14H2,1-2H3,(H,26,29)(H,27,30)/b25-13-. The van der Waals surface area contributed by atoms with Crippen LogP contribution >= 0.6 is 0 Å². The Kier molecular flexibility index (Phi) is 7.84. The number of aryl methyl sites for hydroxylation is 1. The van der Waals surface area contributed by atoms with Gasteiger partial charge in [0.2, 0.25) is 0 Å². The predicted molar refractivity (Wildman–Crippen MR) is 124 cm³/mol. The summed E-state index contributed by atoms with van der Waals surface area (Å²) in [7, 11) is 1.45. The van der Waals surface area contributed by atoms with Crippen molar-refractivity contribution < 1.29 is 24.0 Å². The van der Waals surface area contributed by atoms with Crippen molar-refractivity contribution in [3.8, 4) is 11.5 Å². The van der Waals surface area contributed by atoms with Crippen LogP contribution in [-0.4, -0.2) is 41.7 Å². The van der Waals surface area contributed by atoms with Crippen LogP contribution in [0, 0.1) is 17.0 Å². The first-order valence-electron chi connectivity index (χ1n) is 9.96. The van der Waals surface area contributed by atoms with Gasteiger partial charge in [-0.2, -0.15) is 5.10 Å². The van der Waals surface area contributed by atoms with Gasteiger partial charge in [-0.15, -0.1) is 0 Å². The minimum absolute atomic E-state index is 0.127. The molecule has 2 N–H and O–H groups in total. The van der Waals surface area contributed by atoms with Crippen LogP contribution in [0.15, 0.2) is 66.0 Å². The number of pyridine rings is 1. The molecule has 0 aliphatic heterocycles. The average Bonchev–Trinajstić information content (AvgIpc) is 2.84. The highest BCUT2D eigenvalue weighted by molar-refractivity contribution is 5.95. The molecular formula is C23H21N5O6. The van der Waals surface area contributed by atoms with E-state index in [0.29, 0.717) is 33.9 Å². The topological polar surface area (TPSA) is 145 Å². The van der Waals surface area contributed by atoms with Crippen LogP contribution in [0.1, 0.15) is 21.5 Å². The van der Waals surface area contributed by atoms with Gasteiger partial charge in [-0.3, -0.25) is 24.7 Å². The maximum Gasteiger partial charge on any atom is 0.271 e. The van der Waals surface area contributed by atoms with Gasteiger partial charge in [0.05, 0.1) is 23.9 Å². The fraction of sp³-hybridized carbons (Fsp3) is 0.130. The first-order chi connectivity index (χ1) is 16.4. The fourth-order valence-corrected chi connectivity index (χ4v) is 2.80. The first-order valence-corrected chi connectivity index (χ1v) is 9.96. The van der Waals surface area contributed by atoms with Gasteiger partial charge in [0.1, 0.15) is 0 Å². The highest BCUT2D eigenvalue weighted by atomic mass is 16.6. The second kappa shape index (κ2) is 11.2. The maximum absolute atomic E-state index is 12.3. The molecule has 11 nitrogen and oxygen atoms in total. The van der Waals surface area contributed by atoms with E-state index in [9.17, 15) is 19.7 Å². The summed E-state index contributed by atoms with van der Waals surface area (Å²) >= 11 is 0. The maximum atomic E-state index is 12.3. The number of non-ortho nitro benzene ring substituents is 1. The molecule has 11 heteroatoms. The van der Waals surface area contributed by atoms with Crippen molar-refractivity contribution in [3.63, 3.8) is 0 Å². The summed E-state index contributed by atoms with van der Waals surface area (Å²) in [6.07, 6.45) is 4.45. The zero-order valence-corrected chi connectivity index (χ0v) is 18.3. The van der Waals surface area contributed by atoms with Gasteiger partial charge in [-0.05, 0) is 48.4 Å². The second-order valence-corrected chi connectivity index (χ2v) is 6.94. The number of hydrazone groups is 1. The molecule has 0 fully saturated rings. The number of aromatic nitrogens is 1. The Bertz CT molecular complexity index is 1230. The number of anilines is 1. The van der Waals surface area contributed by atoms with Crippen molar-refractivity contribution in [3.05, 3.63) is 87.7 Å². The molecule has 0 aliphatic carbocycles. The lowest BCUT2D eigenvalue weighted by Crippen LogP contribution is -2.21. The minimum atomic E-state index is -0.536. The third-order valence-corrected chi connectivity index (χ3v) is 4.57. The van der Waals surface area contributed by atoms with Crippen LogP contribution in [0.5, 0.6) is 11.5 Å². The van der Waals surface area contributed by atoms with E-state index in [4.69, 9.17) is 9.47 Å². The average molecular weight is 463 g/mol. The summed E-state index contributed by atoms with van der Waals surface area (Å²) < 4.78 is 10.9. The van der Waals surface area contributed by atoms with Crippen molar-refractivity contribution in [2.75, 3.05) is 19.0 Å². The Hall–Kier alpha value is -4.80. The highest BCUT2D eigenvalue weighted by Gasteiger charge is 2.13. The van der Waals surface area contributed by atoms with Crippen LogP contribution in [0.4, 0.5) is 11.4 Å². The van der Waals surface area contributed by atoms with Crippen molar-refractivity contribution >= 4 is 29.4 Å². The lowest BCUT2D eigenvalue weighted by molar-refractivity contribution is -0.384. The molecule has 2 amide bonds. The van der Waals surface area contributed by atoms with E-state index in [1.165, 1.54) is 37.9 Å². The number of nitro groups is 1. The number of rotatable bonds is 9. The van der Waals surface area contributed by atoms with Crippen molar-refractivity contribution in [1.82, 2.24) is 10.4 Å². The summed E-state index contributed by atoms with van der Waals surface area (Å²) in [5.74, 6) is -0.208. The van der Waals surface area contributed by atoms with Gasteiger partial charge < -0.3 is 14.8 Å². The van der Waals surface area contributed by atoms with E-state index in [1.807, 2.05) is 0 Å². The molecule has 1 aromatic heterocycles. The first kappa shape index (κ1) is 23.9. The van der Waals surface area contributed by atoms with Crippen molar-refractivity contribution in [1.29, 1.82) is 0 Å². The molecule has 0 saturated heterocycles. The third-order valence-electron chi connectivity index (χ3n) is 4.57. The van der Waals surface area contributed by atoms with E-state index in [1.54, 1.807) is 43.3 Å². The van der Waals surface area contributed by atoms with Crippen LogP contribution in [0.25, 0.3) is 0 Å². The molecule has 2 aromatic carbocycles. The van der Waals surface area contributed by atoms with Crippen molar-refractivity contribution in [2.24, 2.45) is 5.10 Å². The number of hydrogen-bond acceptors (Lipinski definition) is 8. The summed E-state index contributed by atoms with van der Waals surface area (Å²) in [4.78, 5) is 38.6. The fourth-order valence-electron chi connectivity index (χ4n) is 2.80. The number of carbonyl (C=O) groups is 2. The number of carbonyl (C=O) groups excluding carboxylic acids is 2.